The first-order chi connectivity index (χ1) is 12.6. The number of hydrogen-bond donors (Lipinski definition) is 2. The maximum absolute atomic E-state index is 11.2. The number of guanidine groups is 1. The fourth-order valence-corrected chi connectivity index (χ4v) is 3.45. The number of thiazole rings is 1. The molecule has 0 aliphatic carbocycles. The molecule has 0 saturated carbocycles. The molecule has 1 heterocycles. The van der Waals surface area contributed by atoms with Crippen molar-refractivity contribution in [3.05, 3.63) is 15.6 Å². The Morgan fingerprint density at radius 3 is 2.41 bits per heavy atom. The van der Waals surface area contributed by atoms with E-state index in [4.69, 9.17) is 4.74 Å². The summed E-state index contributed by atoms with van der Waals surface area (Å²) in [4.78, 5) is 21.3. The molecule has 6 nitrogen and oxygen atoms in total. The summed E-state index contributed by atoms with van der Waals surface area (Å²) in [7, 11) is 1.79. The van der Waals surface area contributed by atoms with Gasteiger partial charge in [-0.15, -0.1) is 35.3 Å². The number of halogens is 1. The van der Waals surface area contributed by atoms with Gasteiger partial charge in [0.05, 0.1) is 17.3 Å². The second kappa shape index (κ2) is 16.1. The van der Waals surface area contributed by atoms with Crippen LogP contribution in [0.15, 0.2) is 4.99 Å². The summed E-state index contributed by atoms with van der Waals surface area (Å²) in [6.45, 7) is 8.23. The van der Waals surface area contributed by atoms with Gasteiger partial charge in [0.1, 0.15) is 0 Å². The lowest BCUT2D eigenvalue weighted by molar-refractivity contribution is -0.143. The molecule has 1 aromatic rings. The SMILES string of the molecule is CCOC(=O)CCCCCCCNC(=NC)NCCc1nc(C)c(C)s1.I. The first kappa shape index (κ1) is 26.1. The number of carbonyl (C=O) groups excluding carboxylic acids is 1. The number of nitrogens with zero attached hydrogens (tertiary/aromatic N) is 2. The van der Waals surface area contributed by atoms with Crippen molar-refractivity contribution >= 4 is 47.2 Å². The summed E-state index contributed by atoms with van der Waals surface area (Å²) < 4.78 is 4.92. The van der Waals surface area contributed by atoms with Crippen LogP contribution in [0.5, 0.6) is 0 Å². The molecule has 0 radical (unpaired) electrons. The van der Waals surface area contributed by atoms with Crippen LogP contribution in [-0.2, 0) is 16.0 Å². The van der Waals surface area contributed by atoms with E-state index in [1.807, 2.05) is 6.92 Å². The molecule has 8 heteroatoms. The number of ether oxygens (including phenoxy) is 1. The lowest BCUT2D eigenvalue weighted by Gasteiger charge is -2.11. The molecule has 0 amide bonds. The van der Waals surface area contributed by atoms with Gasteiger partial charge in [-0.2, -0.15) is 0 Å². The van der Waals surface area contributed by atoms with Crippen LogP contribution >= 0.6 is 35.3 Å². The quantitative estimate of drug-likeness (QED) is 0.146. The molecule has 27 heavy (non-hydrogen) atoms. The lowest BCUT2D eigenvalue weighted by atomic mass is 10.1. The normalized spacial score (nSPS) is 11.0. The third kappa shape index (κ3) is 12.2. The maximum atomic E-state index is 11.2. The van der Waals surface area contributed by atoms with Crippen LogP contribution in [0.25, 0.3) is 0 Å². The molecule has 0 bridgehead atoms. The second-order valence-corrected chi connectivity index (χ2v) is 7.54. The first-order valence-electron chi connectivity index (χ1n) is 9.59. The van der Waals surface area contributed by atoms with E-state index in [1.54, 1.807) is 18.4 Å². The summed E-state index contributed by atoms with van der Waals surface area (Å²) in [5, 5.41) is 7.85. The largest absolute Gasteiger partial charge is 0.466 e. The van der Waals surface area contributed by atoms with Crippen molar-refractivity contribution in [1.82, 2.24) is 15.6 Å². The van der Waals surface area contributed by atoms with Crippen molar-refractivity contribution in [1.29, 1.82) is 0 Å². The topological polar surface area (TPSA) is 75.6 Å². The van der Waals surface area contributed by atoms with E-state index in [2.05, 4.69) is 34.5 Å². The molecule has 0 fully saturated rings. The van der Waals surface area contributed by atoms with Crippen LogP contribution in [0.2, 0.25) is 0 Å². The Morgan fingerprint density at radius 2 is 1.78 bits per heavy atom. The Bertz CT molecular complexity index is 544. The predicted octanol–water partition coefficient (Wildman–Crippen LogP) is 3.99. The predicted molar refractivity (Wildman–Crippen MR) is 124 cm³/mol. The summed E-state index contributed by atoms with van der Waals surface area (Å²) >= 11 is 1.77. The first-order valence-corrected chi connectivity index (χ1v) is 10.4. The molecule has 0 atom stereocenters. The van der Waals surface area contributed by atoms with Crippen LogP contribution in [-0.4, -0.2) is 43.7 Å². The molecule has 156 valence electrons. The van der Waals surface area contributed by atoms with Gasteiger partial charge in [0.2, 0.25) is 0 Å². The van der Waals surface area contributed by atoms with Gasteiger partial charge < -0.3 is 15.4 Å². The van der Waals surface area contributed by atoms with Gasteiger partial charge in [-0.25, -0.2) is 4.98 Å². The van der Waals surface area contributed by atoms with Crippen LogP contribution < -0.4 is 10.6 Å². The van der Waals surface area contributed by atoms with E-state index >= 15 is 0 Å². The Morgan fingerprint density at radius 1 is 1.11 bits per heavy atom. The van der Waals surface area contributed by atoms with Crippen molar-refractivity contribution in [3.8, 4) is 0 Å². The maximum Gasteiger partial charge on any atom is 0.305 e. The third-order valence-electron chi connectivity index (χ3n) is 4.08. The third-order valence-corrected chi connectivity index (χ3v) is 5.22. The number of aliphatic imine (C=N–C) groups is 1. The van der Waals surface area contributed by atoms with Gasteiger partial charge in [0.25, 0.3) is 0 Å². The van der Waals surface area contributed by atoms with Crippen LogP contribution in [0.3, 0.4) is 0 Å². The van der Waals surface area contributed by atoms with E-state index < -0.39 is 0 Å². The van der Waals surface area contributed by atoms with Crippen molar-refractivity contribution < 1.29 is 9.53 Å². The lowest BCUT2D eigenvalue weighted by Crippen LogP contribution is -2.38. The Hall–Kier alpha value is -0.900. The highest BCUT2D eigenvalue weighted by atomic mass is 127. The van der Waals surface area contributed by atoms with Crippen molar-refractivity contribution in [2.45, 2.75) is 65.7 Å². The summed E-state index contributed by atoms with van der Waals surface area (Å²) in [5.74, 6) is 0.768. The monoisotopic (exact) mass is 510 g/mol. The average Bonchev–Trinajstić information content (AvgIpc) is 2.93. The minimum atomic E-state index is -0.0768. The zero-order chi connectivity index (χ0) is 19.2. The van der Waals surface area contributed by atoms with E-state index in [9.17, 15) is 4.79 Å². The van der Waals surface area contributed by atoms with Gasteiger partial charge in [-0.3, -0.25) is 9.79 Å². The van der Waals surface area contributed by atoms with E-state index in [0.29, 0.717) is 13.0 Å². The van der Waals surface area contributed by atoms with Crippen molar-refractivity contribution in [3.63, 3.8) is 0 Å². The van der Waals surface area contributed by atoms with Gasteiger partial charge in [-0.1, -0.05) is 19.3 Å². The number of rotatable bonds is 12. The molecule has 0 aromatic carbocycles. The van der Waals surface area contributed by atoms with Gasteiger partial charge in [0, 0.05) is 37.9 Å². The van der Waals surface area contributed by atoms with E-state index in [1.165, 1.54) is 9.88 Å². The summed E-state index contributed by atoms with van der Waals surface area (Å²) in [5.41, 5.74) is 1.13. The second-order valence-electron chi connectivity index (χ2n) is 6.25. The molecular formula is C19H35IN4O2S. The smallest absolute Gasteiger partial charge is 0.305 e. The van der Waals surface area contributed by atoms with Gasteiger partial charge in [0.15, 0.2) is 5.96 Å². The summed E-state index contributed by atoms with van der Waals surface area (Å²) in [6, 6.07) is 0. The van der Waals surface area contributed by atoms with Crippen molar-refractivity contribution in [2.24, 2.45) is 4.99 Å². The van der Waals surface area contributed by atoms with Crippen LogP contribution in [0, 0.1) is 13.8 Å². The zero-order valence-corrected chi connectivity index (χ0v) is 20.2. The molecule has 0 spiro atoms. The van der Waals surface area contributed by atoms with E-state index in [0.717, 1.165) is 63.3 Å². The average molecular weight is 510 g/mol. The Labute approximate surface area is 185 Å². The van der Waals surface area contributed by atoms with Crippen molar-refractivity contribution in [2.75, 3.05) is 26.7 Å². The number of hydrogen-bond acceptors (Lipinski definition) is 5. The Balaban J connectivity index is 0.00000676. The van der Waals surface area contributed by atoms with Crippen LogP contribution in [0.4, 0.5) is 0 Å². The zero-order valence-electron chi connectivity index (χ0n) is 17.1. The highest BCUT2D eigenvalue weighted by molar-refractivity contribution is 14.0. The molecule has 0 aliphatic heterocycles. The minimum Gasteiger partial charge on any atom is -0.466 e. The van der Waals surface area contributed by atoms with Gasteiger partial charge >= 0.3 is 5.97 Å². The molecule has 1 rings (SSSR count). The number of esters is 1. The molecule has 1 aromatic heterocycles. The molecular weight excluding hydrogens is 475 g/mol. The van der Waals surface area contributed by atoms with E-state index in [-0.39, 0.29) is 29.9 Å². The fraction of sp³-hybridized carbons (Fsp3) is 0.737. The molecule has 2 N–H and O–H groups in total. The van der Waals surface area contributed by atoms with Gasteiger partial charge in [-0.05, 0) is 33.6 Å². The number of aromatic nitrogens is 1. The number of carbonyl (C=O) groups is 1. The fourth-order valence-electron chi connectivity index (χ4n) is 2.52. The minimum absolute atomic E-state index is 0. The standard InChI is InChI=1S/C19H34N4O2S.HI/c1-5-25-18(24)11-9-7-6-8-10-13-21-19(20-4)22-14-12-17-23-15(2)16(3)26-17;/h5-14H2,1-4H3,(H2,20,21,22);1H. The molecule has 0 aliphatic rings. The highest BCUT2D eigenvalue weighted by Crippen LogP contribution is 2.16. The Kier molecular flexibility index (Phi) is 15.6. The summed E-state index contributed by atoms with van der Waals surface area (Å²) in [6.07, 6.45) is 6.87. The number of unbranched alkanes of at least 4 members (excludes halogenated alkanes) is 4. The molecule has 0 unspecified atom stereocenters. The molecule has 0 saturated heterocycles. The number of aryl methyl sites for hydroxylation is 2. The highest BCUT2D eigenvalue weighted by Gasteiger charge is 2.04. The number of nitrogens with one attached hydrogen (secondary N) is 2. The van der Waals surface area contributed by atoms with Crippen LogP contribution in [0.1, 0.15) is 61.0 Å².